The minimum atomic E-state index is -4.61. The number of fused-ring (bicyclic) bond motifs is 1. The number of hydrogen-bond acceptors (Lipinski definition) is 6. The number of carbonyl (C=O) groups excluding carboxylic acids is 1. The van der Waals surface area contributed by atoms with Gasteiger partial charge >= 0.3 is 6.18 Å². The first-order valence-corrected chi connectivity index (χ1v) is 9.68. The van der Waals surface area contributed by atoms with Gasteiger partial charge in [0.1, 0.15) is 17.0 Å². The number of aromatic nitrogens is 2. The van der Waals surface area contributed by atoms with Crippen LogP contribution in [0.1, 0.15) is 42.7 Å². The summed E-state index contributed by atoms with van der Waals surface area (Å²) in [5.41, 5.74) is 5.18. The molecule has 0 aliphatic rings. The molecule has 0 atom stereocenters. The molecule has 0 radical (unpaired) electrons. The quantitative estimate of drug-likeness (QED) is 0.621. The normalized spacial score (nSPS) is 11.9. The number of pyridine rings is 1. The van der Waals surface area contributed by atoms with Crippen molar-refractivity contribution in [2.45, 2.75) is 39.5 Å². The van der Waals surface area contributed by atoms with Crippen LogP contribution in [0.25, 0.3) is 22.4 Å². The number of nitrogens with zero attached hydrogens (tertiary/aromatic N) is 3. The molecule has 0 aliphatic heterocycles. The second-order valence-electron chi connectivity index (χ2n) is 7.09. The molecule has 0 saturated carbocycles. The van der Waals surface area contributed by atoms with Crippen LogP contribution in [0.5, 0.6) is 5.75 Å². The van der Waals surface area contributed by atoms with Gasteiger partial charge in [-0.15, -0.1) is 0 Å². The molecule has 0 aliphatic carbocycles. The fourth-order valence-corrected chi connectivity index (χ4v) is 3.35. The average molecular weight is 436 g/mol. The third-order valence-electron chi connectivity index (χ3n) is 4.87. The van der Waals surface area contributed by atoms with E-state index in [-0.39, 0.29) is 47.1 Å². The number of oxazole rings is 1. The van der Waals surface area contributed by atoms with E-state index in [1.807, 2.05) is 20.8 Å². The highest BCUT2D eigenvalue weighted by molar-refractivity contribution is 5.98. The van der Waals surface area contributed by atoms with Crippen molar-refractivity contribution in [3.05, 3.63) is 41.4 Å². The Bertz CT molecular complexity index is 1110. The standard InChI is InChI=1S/C21H23F3N4O3/c1-5-28(11(2)3)20(29)18-15(10-25)31-19(27-18)13-6-8-14(30-4)17-12(13)7-9-16(26-17)21(22,23)24/h6-9,11H,5,10,25H2,1-4H3. The highest BCUT2D eigenvalue weighted by atomic mass is 19.4. The number of ether oxygens (including phenoxy) is 1. The van der Waals surface area contributed by atoms with Gasteiger partial charge in [0, 0.05) is 23.5 Å². The number of carbonyl (C=O) groups is 1. The molecule has 2 aromatic heterocycles. The summed E-state index contributed by atoms with van der Waals surface area (Å²) >= 11 is 0. The second kappa shape index (κ2) is 8.54. The molecule has 0 bridgehead atoms. The molecule has 0 fully saturated rings. The summed E-state index contributed by atoms with van der Waals surface area (Å²) in [6.45, 7) is 6.02. The lowest BCUT2D eigenvalue weighted by molar-refractivity contribution is -0.140. The van der Waals surface area contributed by atoms with Crippen molar-refractivity contribution in [3.63, 3.8) is 0 Å². The van der Waals surface area contributed by atoms with Crippen LogP contribution in [-0.4, -0.2) is 40.5 Å². The lowest BCUT2D eigenvalue weighted by Gasteiger charge is -2.24. The first kappa shape index (κ1) is 22.5. The van der Waals surface area contributed by atoms with E-state index in [2.05, 4.69) is 9.97 Å². The third-order valence-corrected chi connectivity index (χ3v) is 4.87. The molecule has 1 amide bonds. The molecule has 31 heavy (non-hydrogen) atoms. The predicted octanol–water partition coefficient (Wildman–Crippen LogP) is 4.25. The van der Waals surface area contributed by atoms with E-state index in [9.17, 15) is 18.0 Å². The van der Waals surface area contributed by atoms with E-state index in [0.29, 0.717) is 17.5 Å². The van der Waals surface area contributed by atoms with Crippen molar-refractivity contribution in [1.29, 1.82) is 0 Å². The molecular weight excluding hydrogens is 413 g/mol. The SMILES string of the molecule is CCN(C(=O)c1nc(-c2ccc(OC)c3nc(C(F)(F)F)ccc23)oc1CN)C(C)C. The van der Waals surface area contributed by atoms with Gasteiger partial charge in [0.2, 0.25) is 5.89 Å². The summed E-state index contributed by atoms with van der Waals surface area (Å²) in [6, 6.07) is 5.17. The third kappa shape index (κ3) is 4.20. The fourth-order valence-electron chi connectivity index (χ4n) is 3.35. The highest BCUT2D eigenvalue weighted by Gasteiger charge is 2.33. The summed E-state index contributed by atoms with van der Waals surface area (Å²) in [4.78, 5) is 22.7. The monoisotopic (exact) mass is 436 g/mol. The van der Waals surface area contributed by atoms with Crippen molar-refractivity contribution < 1.29 is 27.1 Å². The lowest BCUT2D eigenvalue weighted by Crippen LogP contribution is -2.37. The molecular formula is C21H23F3N4O3. The Balaban J connectivity index is 2.18. The van der Waals surface area contributed by atoms with Crippen molar-refractivity contribution in [2.75, 3.05) is 13.7 Å². The van der Waals surface area contributed by atoms with E-state index in [4.69, 9.17) is 14.9 Å². The molecule has 10 heteroatoms. The van der Waals surface area contributed by atoms with Crippen LogP contribution in [0.15, 0.2) is 28.7 Å². The van der Waals surface area contributed by atoms with E-state index in [1.54, 1.807) is 11.0 Å². The maximum atomic E-state index is 13.2. The Morgan fingerprint density at radius 2 is 1.94 bits per heavy atom. The Hall–Kier alpha value is -3.14. The van der Waals surface area contributed by atoms with Crippen molar-refractivity contribution >= 4 is 16.8 Å². The maximum Gasteiger partial charge on any atom is 0.433 e. The first-order valence-electron chi connectivity index (χ1n) is 9.68. The molecule has 3 aromatic rings. The van der Waals surface area contributed by atoms with Gasteiger partial charge in [-0.3, -0.25) is 4.79 Å². The summed E-state index contributed by atoms with van der Waals surface area (Å²) < 4.78 is 50.4. The van der Waals surface area contributed by atoms with Gasteiger partial charge in [-0.2, -0.15) is 13.2 Å². The summed E-state index contributed by atoms with van der Waals surface area (Å²) in [5.74, 6) is 0.104. The van der Waals surface area contributed by atoms with E-state index >= 15 is 0 Å². The number of benzene rings is 1. The van der Waals surface area contributed by atoms with Crippen LogP contribution < -0.4 is 10.5 Å². The zero-order valence-electron chi connectivity index (χ0n) is 17.6. The summed E-state index contributed by atoms with van der Waals surface area (Å²) in [7, 11) is 1.34. The molecule has 2 heterocycles. The van der Waals surface area contributed by atoms with Crippen molar-refractivity contribution in [2.24, 2.45) is 5.73 Å². The Morgan fingerprint density at radius 3 is 2.48 bits per heavy atom. The van der Waals surface area contributed by atoms with Gasteiger partial charge < -0.3 is 19.8 Å². The second-order valence-corrected chi connectivity index (χ2v) is 7.09. The van der Waals surface area contributed by atoms with Crippen LogP contribution in [0.2, 0.25) is 0 Å². The zero-order chi connectivity index (χ0) is 22.9. The van der Waals surface area contributed by atoms with Crippen LogP contribution in [0.3, 0.4) is 0 Å². The van der Waals surface area contributed by atoms with Crippen LogP contribution in [0, 0.1) is 0 Å². The number of alkyl halides is 3. The molecule has 2 N–H and O–H groups in total. The molecule has 0 unspecified atom stereocenters. The smallest absolute Gasteiger partial charge is 0.433 e. The van der Waals surface area contributed by atoms with Gasteiger partial charge in [-0.25, -0.2) is 9.97 Å². The number of rotatable bonds is 6. The van der Waals surface area contributed by atoms with E-state index < -0.39 is 11.9 Å². The number of hydrogen-bond donors (Lipinski definition) is 1. The molecule has 0 spiro atoms. The first-order chi connectivity index (χ1) is 14.6. The number of amides is 1. The molecule has 1 aromatic carbocycles. The van der Waals surface area contributed by atoms with Gasteiger partial charge in [-0.05, 0) is 45.0 Å². The lowest BCUT2D eigenvalue weighted by atomic mass is 10.1. The van der Waals surface area contributed by atoms with Gasteiger partial charge in [-0.1, -0.05) is 0 Å². The summed E-state index contributed by atoms with van der Waals surface area (Å²) in [6.07, 6.45) is -4.61. The fraction of sp³-hybridized carbons (Fsp3) is 0.381. The van der Waals surface area contributed by atoms with E-state index in [0.717, 1.165) is 6.07 Å². The molecule has 166 valence electrons. The van der Waals surface area contributed by atoms with Crippen molar-refractivity contribution in [1.82, 2.24) is 14.9 Å². The Morgan fingerprint density at radius 1 is 1.23 bits per heavy atom. The topological polar surface area (TPSA) is 94.5 Å². The number of methoxy groups -OCH3 is 1. The van der Waals surface area contributed by atoms with Gasteiger partial charge in [0.25, 0.3) is 5.91 Å². The number of halogens is 3. The Kier molecular flexibility index (Phi) is 6.21. The average Bonchev–Trinajstić information content (AvgIpc) is 3.16. The molecule has 3 rings (SSSR count). The predicted molar refractivity (Wildman–Crippen MR) is 109 cm³/mol. The highest BCUT2D eigenvalue weighted by Crippen LogP contribution is 2.37. The van der Waals surface area contributed by atoms with Crippen LogP contribution in [-0.2, 0) is 12.7 Å². The molecule has 7 nitrogen and oxygen atoms in total. The van der Waals surface area contributed by atoms with Gasteiger partial charge in [0.05, 0.1) is 13.7 Å². The summed E-state index contributed by atoms with van der Waals surface area (Å²) in [5, 5.41) is 0.340. The van der Waals surface area contributed by atoms with E-state index in [1.165, 1.54) is 19.2 Å². The largest absolute Gasteiger partial charge is 0.494 e. The minimum absolute atomic E-state index is 0.00700. The van der Waals surface area contributed by atoms with Gasteiger partial charge in [0.15, 0.2) is 11.5 Å². The number of nitrogens with two attached hydrogens (primary N) is 1. The molecule has 0 saturated heterocycles. The minimum Gasteiger partial charge on any atom is -0.494 e. The van der Waals surface area contributed by atoms with Crippen LogP contribution in [0.4, 0.5) is 13.2 Å². The van der Waals surface area contributed by atoms with Crippen LogP contribution >= 0.6 is 0 Å². The van der Waals surface area contributed by atoms with Crippen molar-refractivity contribution in [3.8, 4) is 17.2 Å². The zero-order valence-corrected chi connectivity index (χ0v) is 17.6. The Labute approximate surface area is 177 Å². The maximum absolute atomic E-state index is 13.2.